The molecule has 2 atom stereocenters. The number of H-pyrrole nitrogens is 1. The Morgan fingerprint density at radius 1 is 1.25 bits per heavy atom. The second kappa shape index (κ2) is 6.87. The molecule has 4 aliphatic carbocycles. The molecule has 0 radical (unpaired) electrons. The number of aromatic amines is 1. The van der Waals surface area contributed by atoms with Crippen molar-refractivity contribution in [3.63, 3.8) is 0 Å². The molecule has 4 N–H and O–H groups in total. The standard InChI is InChI=1S/C21H31N5O2/c22-17(7-16-11-23-12-24-16)20(28)26-3-1-2-18(26)19(27)25-21-8-13-4-14(9-21)6-15(5-13)10-21/h11-15,17-18H,1-10,22H2,(H,23,24)(H,25,27)/t13?,14?,15?,17-,18+,21?/m0/s1. The quantitative estimate of drug-likeness (QED) is 0.712. The van der Waals surface area contributed by atoms with Crippen LogP contribution in [0.2, 0.25) is 0 Å². The number of nitrogens with zero attached hydrogens (tertiary/aromatic N) is 2. The highest BCUT2D eigenvalue weighted by Crippen LogP contribution is 2.55. The fourth-order valence-electron chi connectivity index (χ4n) is 6.85. The Labute approximate surface area is 165 Å². The van der Waals surface area contributed by atoms with Crippen molar-refractivity contribution >= 4 is 11.8 Å². The molecule has 4 saturated carbocycles. The zero-order chi connectivity index (χ0) is 19.3. The van der Waals surface area contributed by atoms with Crippen molar-refractivity contribution in [3.05, 3.63) is 18.2 Å². The van der Waals surface area contributed by atoms with Crippen LogP contribution in [0.25, 0.3) is 0 Å². The fourth-order valence-corrected chi connectivity index (χ4v) is 6.85. The molecular weight excluding hydrogens is 354 g/mol. The van der Waals surface area contributed by atoms with E-state index in [4.69, 9.17) is 5.73 Å². The van der Waals surface area contributed by atoms with E-state index in [-0.39, 0.29) is 23.4 Å². The molecule has 0 aromatic carbocycles. The van der Waals surface area contributed by atoms with E-state index in [1.165, 1.54) is 19.3 Å². The van der Waals surface area contributed by atoms with E-state index >= 15 is 0 Å². The highest BCUT2D eigenvalue weighted by Gasteiger charge is 2.52. The van der Waals surface area contributed by atoms with Gasteiger partial charge in [0.05, 0.1) is 12.4 Å². The number of likely N-dealkylation sites (tertiary alicyclic amines) is 1. The van der Waals surface area contributed by atoms with Gasteiger partial charge < -0.3 is 20.9 Å². The van der Waals surface area contributed by atoms with E-state index in [1.807, 2.05) is 0 Å². The van der Waals surface area contributed by atoms with Gasteiger partial charge in [-0.1, -0.05) is 0 Å². The largest absolute Gasteiger partial charge is 0.349 e. The third kappa shape index (κ3) is 3.23. The summed E-state index contributed by atoms with van der Waals surface area (Å²) in [6.07, 6.45) is 12.7. The van der Waals surface area contributed by atoms with Gasteiger partial charge in [-0.3, -0.25) is 9.59 Å². The first kappa shape index (κ1) is 18.2. The fraction of sp³-hybridized carbons (Fsp3) is 0.762. The minimum absolute atomic E-state index is 0.0127. The normalized spacial score (nSPS) is 37.2. The summed E-state index contributed by atoms with van der Waals surface area (Å²) in [5.41, 5.74) is 7.00. The van der Waals surface area contributed by atoms with Gasteiger partial charge in [-0.25, -0.2) is 4.98 Å². The Bertz CT molecular complexity index is 711. The van der Waals surface area contributed by atoms with Crippen molar-refractivity contribution < 1.29 is 9.59 Å². The van der Waals surface area contributed by atoms with E-state index in [0.29, 0.717) is 13.0 Å². The molecule has 1 saturated heterocycles. The second-order valence-electron chi connectivity index (χ2n) is 9.76. The highest BCUT2D eigenvalue weighted by molar-refractivity contribution is 5.90. The van der Waals surface area contributed by atoms with Crippen molar-refractivity contribution in [2.45, 2.75) is 75.4 Å². The Balaban J connectivity index is 1.25. The van der Waals surface area contributed by atoms with Crippen LogP contribution in [-0.2, 0) is 16.0 Å². The minimum Gasteiger partial charge on any atom is -0.349 e. The summed E-state index contributed by atoms with van der Waals surface area (Å²) in [7, 11) is 0. The number of hydrogen-bond acceptors (Lipinski definition) is 4. The SMILES string of the molecule is N[C@@H](Cc1cnc[nH]1)C(=O)N1CCC[C@@H]1C(=O)NC12CC3CC(CC(C3)C1)C2. The van der Waals surface area contributed by atoms with Crippen molar-refractivity contribution in [1.29, 1.82) is 0 Å². The molecule has 2 amide bonds. The van der Waals surface area contributed by atoms with Crippen LogP contribution in [0.3, 0.4) is 0 Å². The molecule has 4 bridgehead atoms. The molecule has 7 heteroatoms. The van der Waals surface area contributed by atoms with E-state index < -0.39 is 6.04 Å². The maximum atomic E-state index is 13.2. The summed E-state index contributed by atoms with van der Waals surface area (Å²) < 4.78 is 0. The van der Waals surface area contributed by atoms with Gasteiger partial charge in [0.1, 0.15) is 6.04 Å². The molecule has 7 nitrogen and oxygen atoms in total. The van der Waals surface area contributed by atoms with Crippen molar-refractivity contribution in [3.8, 4) is 0 Å². The summed E-state index contributed by atoms with van der Waals surface area (Å²) in [5, 5.41) is 3.45. The molecule has 2 heterocycles. The third-order valence-electron chi connectivity index (χ3n) is 7.58. The van der Waals surface area contributed by atoms with Crippen LogP contribution in [0.5, 0.6) is 0 Å². The van der Waals surface area contributed by atoms with Crippen LogP contribution >= 0.6 is 0 Å². The van der Waals surface area contributed by atoms with Gasteiger partial charge in [0.15, 0.2) is 0 Å². The summed E-state index contributed by atoms with van der Waals surface area (Å²) >= 11 is 0. The number of carbonyl (C=O) groups excluding carboxylic acids is 2. The maximum Gasteiger partial charge on any atom is 0.243 e. The monoisotopic (exact) mass is 385 g/mol. The number of carbonyl (C=O) groups is 2. The Hall–Kier alpha value is -1.89. The molecule has 6 rings (SSSR count). The topological polar surface area (TPSA) is 104 Å². The van der Waals surface area contributed by atoms with Crippen LogP contribution < -0.4 is 11.1 Å². The van der Waals surface area contributed by atoms with E-state index in [0.717, 1.165) is 55.6 Å². The van der Waals surface area contributed by atoms with Gasteiger partial charge in [-0.2, -0.15) is 0 Å². The van der Waals surface area contributed by atoms with Gasteiger partial charge in [0.25, 0.3) is 0 Å². The Morgan fingerprint density at radius 2 is 1.93 bits per heavy atom. The number of amides is 2. The first-order valence-corrected chi connectivity index (χ1v) is 10.9. The molecule has 152 valence electrons. The number of nitrogens with one attached hydrogen (secondary N) is 2. The van der Waals surface area contributed by atoms with E-state index in [2.05, 4.69) is 15.3 Å². The average Bonchev–Trinajstić information content (AvgIpc) is 3.31. The molecule has 5 fully saturated rings. The predicted molar refractivity (Wildman–Crippen MR) is 104 cm³/mol. The minimum atomic E-state index is -0.645. The lowest BCUT2D eigenvalue weighted by atomic mass is 9.53. The molecule has 1 aromatic rings. The van der Waals surface area contributed by atoms with Gasteiger partial charge in [-0.05, 0) is 69.1 Å². The number of nitrogens with two attached hydrogens (primary N) is 1. The highest BCUT2D eigenvalue weighted by atomic mass is 16.2. The van der Waals surface area contributed by atoms with Crippen LogP contribution in [0.1, 0.15) is 57.1 Å². The van der Waals surface area contributed by atoms with E-state index in [1.54, 1.807) is 17.4 Å². The second-order valence-corrected chi connectivity index (χ2v) is 9.76. The molecule has 1 aliphatic heterocycles. The first-order chi connectivity index (χ1) is 13.5. The first-order valence-electron chi connectivity index (χ1n) is 10.9. The van der Waals surface area contributed by atoms with Crippen molar-refractivity contribution in [2.75, 3.05) is 6.54 Å². The molecule has 0 unspecified atom stereocenters. The number of rotatable bonds is 5. The molecule has 5 aliphatic rings. The van der Waals surface area contributed by atoms with Gasteiger partial charge in [-0.15, -0.1) is 0 Å². The smallest absolute Gasteiger partial charge is 0.243 e. The number of imidazole rings is 1. The summed E-state index contributed by atoms with van der Waals surface area (Å²) in [6, 6.07) is -1.01. The maximum absolute atomic E-state index is 13.2. The molecule has 0 spiro atoms. The summed E-state index contributed by atoms with van der Waals surface area (Å²) in [4.78, 5) is 34.8. The van der Waals surface area contributed by atoms with Crippen LogP contribution in [0.4, 0.5) is 0 Å². The zero-order valence-electron chi connectivity index (χ0n) is 16.4. The Kier molecular flexibility index (Phi) is 4.45. The predicted octanol–water partition coefficient (Wildman–Crippen LogP) is 1.36. The lowest BCUT2D eigenvalue weighted by Crippen LogP contribution is -2.62. The van der Waals surface area contributed by atoms with Crippen LogP contribution in [0.15, 0.2) is 12.5 Å². The lowest BCUT2D eigenvalue weighted by molar-refractivity contribution is -0.141. The number of hydrogen-bond donors (Lipinski definition) is 3. The average molecular weight is 386 g/mol. The van der Waals surface area contributed by atoms with Crippen LogP contribution in [-0.4, -0.2) is 50.8 Å². The molecular formula is C21H31N5O2. The van der Waals surface area contributed by atoms with Crippen LogP contribution in [0, 0.1) is 17.8 Å². The summed E-state index contributed by atoms with van der Waals surface area (Å²) in [5.74, 6) is 2.28. The third-order valence-corrected chi connectivity index (χ3v) is 7.58. The Morgan fingerprint density at radius 3 is 2.54 bits per heavy atom. The van der Waals surface area contributed by atoms with Gasteiger partial charge in [0, 0.05) is 30.4 Å². The molecule has 28 heavy (non-hydrogen) atoms. The summed E-state index contributed by atoms with van der Waals surface area (Å²) in [6.45, 7) is 0.620. The van der Waals surface area contributed by atoms with E-state index in [9.17, 15) is 9.59 Å². The zero-order valence-corrected chi connectivity index (χ0v) is 16.4. The molecule has 1 aromatic heterocycles. The van der Waals surface area contributed by atoms with Gasteiger partial charge >= 0.3 is 0 Å². The van der Waals surface area contributed by atoms with Crippen molar-refractivity contribution in [2.24, 2.45) is 23.5 Å². The van der Waals surface area contributed by atoms with Gasteiger partial charge in [0.2, 0.25) is 11.8 Å². The van der Waals surface area contributed by atoms with Crippen molar-refractivity contribution in [1.82, 2.24) is 20.2 Å². The number of aromatic nitrogens is 2. The lowest BCUT2D eigenvalue weighted by Gasteiger charge is -2.57.